The summed E-state index contributed by atoms with van der Waals surface area (Å²) in [6.45, 7) is 4.61. The number of nitrogens with zero attached hydrogens (tertiary/aromatic N) is 3. The number of halogens is 1. The predicted octanol–water partition coefficient (Wildman–Crippen LogP) is 3.39. The van der Waals surface area contributed by atoms with Crippen molar-refractivity contribution in [1.29, 1.82) is 0 Å². The SMILES string of the molecule is CN=C(NCc1ccc(Cl)cc1OC)NC1CCN(c2cccc(C)n2)CC1. The molecule has 28 heavy (non-hydrogen) atoms. The molecule has 0 radical (unpaired) electrons. The summed E-state index contributed by atoms with van der Waals surface area (Å²) in [6.07, 6.45) is 2.08. The molecule has 0 atom stereocenters. The number of guanidine groups is 1. The molecular formula is C21H28ClN5O. The lowest BCUT2D eigenvalue weighted by molar-refractivity contribution is 0.409. The van der Waals surface area contributed by atoms with Crippen molar-refractivity contribution in [3.63, 3.8) is 0 Å². The topological polar surface area (TPSA) is 61.8 Å². The van der Waals surface area contributed by atoms with Gasteiger partial charge in [-0.3, -0.25) is 4.99 Å². The standard InChI is InChI=1S/C21H28ClN5O/c1-15-5-4-6-20(25-15)27-11-9-18(10-12-27)26-21(23-2)24-14-16-7-8-17(22)13-19(16)28-3/h4-8,13,18H,9-12,14H2,1-3H3,(H2,23,24,26). The first-order chi connectivity index (χ1) is 13.6. The second kappa shape index (κ2) is 9.64. The van der Waals surface area contributed by atoms with Gasteiger partial charge in [0.15, 0.2) is 5.96 Å². The fourth-order valence-corrected chi connectivity index (χ4v) is 3.55. The molecule has 1 aromatic carbocycles. The first-order valence-electron chi connectivity index (χ1n) is 9.57. The summed E-state index contributed by atoms with van der Waals surface area (Å²) in [4.78, 5) is 11.3. The fraction of sp³-hybridized carbons (Fsp3) is 0.429. The van der Waals surface area contributed by atoms with Crippen molar-refractivity contribution in [2.24, 2.45) is 4.99 Å². The molecule has 2 aromatic rings. The van der Waals surface area contributed by atoms with Gasteiger partial charge >= 0.3 is 0 Å². The van der Waals surface area contributed by atoms with E-state index in [1.54, 1.807) is 14.2 Å². The lowest BCUT2D eigenvalue weighted by atomic mass is 10.1. The van der Waals surface area contributed by atoms with Crippen LogP contribution in [0.1, 0.15) is 24.1 Å². The number of aromatic nitrogens is 1. The zero-order chi connectivity index (χ0) is 19.9. The molecule has 3 rings (SSSR count). The third-order valence-corrected chi connectivity index (χ3v) is 5.19. The minimum Gasteiger partial charge on any atom is -0.496 e. The highest BCUT2D eigenvalue weighted by molar-refractivity contribution is 6.30. The Hall–Kier alpha value is -2.47. The first kappa shape index (κ1) is 20.3. The Morgan fingerprint density at radius 3 is 2.75 bits per heavy atom. The van der Waals surface area contributed by atoms with E-state index in [2.05, 4.69) is 37.6 Å². The Morgan fingerprint density at radius 1 is 1.29 bits per heavy atom. The zero-order valence-electron chi connectivity index (χ0n) is 16.7. The molecule has 0 aliphatic carbocycles. The quantitative estimate of drug-likeness (QED) is 0.594. The molecule has 150 valence electrons. The number of methoxy groups -OCH3 is 1. The summed E-state index contributed by atoms with van der Waals surface area (Å²) in [6, 6.07) is 12.2. The Labute approximate surface area is 172 Å². The van der Waals surface area contributed by atoms with Crippen molar-refractivity contribution < 1.29 is 4.74 Å². The number of hydrogen-bond acceptors (Lipinski definition) is 4. The van der Waals surface area contributed by atoms with Crippen LogP contribution in [0.15, 0.2) is 41.4 Å². The molecule has 2 heterocycles. The fourth-order valence-electron chi connectivity index (χ4n) is 3.39. The lowest BCUT2D eigenvalue weighted by Crippen LogP contribution is -2.48. The molecule has 7 heteroatoms. The van der Waals surface area contributed by atoms with Gasteiger partial charge in [0.2, 0.25) is 0 Å². The van der Waals surface area contributed by atoms with E-state index in [1.807, 2.05) is 31.2 Å². The molecule has 0 spiro atoms. The molecule has 0 saturated carbocycles. The Kier molecular flexibility index (Phi) is 6.98. The van der Waals surface area contributed by atoms with Crippen molar-refractivity contribution in [3.05, 3.63) is 52.7 Å². The highest BCUT2D eigenvalue weighted by Gasteiger charge is 2.21. The zero-order valence-corrected chi connectivity index (χ0v) is 17.5. The van der Waals surface area contributed by atoms with Gasteiger partial charge in [-0.25, -0.2) is 4.98 Å². The number of piperidine rings is 1. The number of aryl methyl sites for hydroxylation is 1. The largest absolute Gasteiger partial charge is 0.496 e. The third-order valence-electron chi connectivity index (χ3n) is 4.95. The van der Waals surface area contributed by atoms with E-state index in [-0.39, 0.29) is 0 Å². The molecular weight excluding hydrogens is 374 g/mol. The molecule has 2 N–H and O–H groups in total. The van der Waals surface area contributed by atoms with Crippen LogP contribution in [0, 0.1) is 6.92 Å². The Morgan fingerprint density at radius 2 is 2.07 bits per heavy atom. The second-order valence-electron chi connectivity index (χ2n) is 6.92. The third kappa shape index (κ3) is 5.29. The Balaban J connectivity index is 1.51. The highest BCUT2D eigenvalue weighted by Crippen LogP contribution is 2.23. The van der Waals surface area contributed by atoms with Crippen molar-refractivity contribution >= 4 is 23.4 Å². The maximum Gasteiger partial charge on any atom is 0.191 e. The van der Waals surface area contributed by atoms with Gasteiger partial charge in [-0.15, -0.1) is 0 Å². The minimum absolute atomic E-state index is 0.388. The normalized spacial score (nSPS) is 15.4. The first-order valence-corrected chi connectivity index (χ1v) is 9.95. The number of ether oxygens (including phenoxy) is 1. The number of nitrogens with one attached hydrogen (secondary N) is 2. The molecule has 1 aromatic heterocycles. The lowest BCUT2D eigenvalue weighted by Gasteiger charge is -2.34. The molecule has 1 saturated heterocycles. The average Bonchev–Trinajstić information content (AvgIpc) is 2.72. The van der Waals surface area contributed by atoms with Crippen molar-refractivity contribution in [2.75, 3.05) is 32.1 Å². The van der Waals surface area contributed by atoms with Gasteiger partial charge in [-0.1, -0.05) is 23.7 Å². The van der Waals surface area contributed by atoms with Gasteiger partial charge in [0, 0.05) is 49.0 Å². The van der Waals surface area contributed by atoms with E-state index in [0.29, 0.717) is 17.6 Å². The van der Waals surface area contributed by atoms with Gasteiger partial charge in [0.25, 0.3) is 0 Å². The summed E-state index contributed by atoms with van der Waals surface area (Å²) >= 11 is 6.03. The number of benzene rings is 1. The van der Waals surface area contributed by atoms with Crippen LogP contribution in [0.4, 0.5) is 5.82 Å². The second-order valence-corrected chi connectivity index (χ2v) is 7.36. The molecule has 1 fully saturated rings. The van der Waals surface area contributed by atoms with E-state index in [4.69, 9.17) is 16.3 Å². The van der Waals surface area contributed by atoms with Crippen molar-refractivity contribution in [3.8, 4) is 5.75 Å². The number of rotatable bonds is 5. The number of anilines is 1. The Bertz CT molecular complexity index is 818. The van der Waals surface area contributed by atoms with E-state index in [0.717, 1.165) is 54.7 Å². The van der Waals surface area contributed by atoms with Crippen LogP contribution < -0.4 is 20.3 Å². The van der Waals surface area contributed by atoms with Gasteiger partial charge < -0.3 is 20.3 Å². The van der Waals surface area contributed by atoms with Crippen molar-refractivity contribution in [2.45, 2.75) is 32.4 Å². The van der Waals surface area contributed by atoms with Gasteiger partial charge in [0.05, 0.1) is 7.11 Å². The summed E-state index contributed by atoms with van der Waals surface area (Å²) < 4.78 is 5.41. The van der Waals surface area contributed by atoms with Gasteiger partial charge in [-0.05, 0) is 44.0 Å². The average molecular weight is 402 g/mol. The molecule has 0 unspecified atom stereocenters. The van der Waals surface area contributed by atoms with Gasteiger partial charge in [-0.2, -0.15) is 0 Å². The smallest absolute Gasteiger partial charge is 0.191 e. The van der Waals surface area contributed by atoms with Crippen LogP contribution in [0.25, 0.3) is 0 Å². The summed E-state index contributed by atoms with van der Waals surface area (Å²) in [7, 11) is 3.44. The number of aliphatic imine (C=N–C) groups is 1. The number of hydrogen-bond donors (Lipinski definition) is 2. The van der Waals surface area contributed by atoms with Crippen LogP contribution >= 0.6 is 11.6 Å². The summed E-state index contributed by atoms with van der Waals surface area (Å²) in [5, 5.41) is 7.57. The van der Waals surface area contributed by atoms with Crippen molar-refractivity contribution in [1.82, 2.24) is 15.6 Å². The number of pyridine rings is 1. The van der Waals surface area contributed by atoms with E-state index < -0.39 is 0 Å². The molecule has 0 amide bonds. The van der Waals surface area contributed by atoms with Crippen LogP contribution in [-0.2, 0) is 6.54 Å². The maximum absolute atomic E-state index is 6.03. The van der Waals surface area contributed by atoms with E-state index in [9.17, 15) is 0 Å². The maximum atomic E-state index is 6.03. The molecule has 0 bridgehead atoms. The van der Waals surface area contributed by atoms with Crippen LogP contribution in [-0.4, -0.2) is 44.2 Å². The van der Waals surface area contributed by atoms with Crippen LogP contribution in [0.2, 0.25) is 5.02 Å². The summed E-state index contributed by atoms with van der Waals surface area (Å²) in [5.41, 5.74) is 2.09. The molecule has 1 aliphatic rings. The van der Waals surface area contributed by atoms with Crippen LogP contribution in [0.5, 0.6) is 5.75 Å². The van der Waals surface area contributed by atoms with E-state index in [1.165, 1.54) is 0 Å². The monoisotopic (exact) mass is 401 g/mol. The molecule has 6 nitrogen and oxygen atoms in total. The predicted molar refractivity (Wildman–Crippen MR) is 116 cm³/mol. The minimum atomic E-state index is 0.388. The molecule has 1 aliphatic heterocycles. The van der Waals surface area contributed by atoms with E-state index >= 15 is 0 Å². The summed E-state index contributed by atoms with van der Waals surface area (Å²) in [5.74, 6) is 2.63. The highest BCUT2D eigenvalue weighted by atomic mass is 35.5. The van der Waals surface area contributed by atoms with Gasteiger partial charge in [0.1, 0.15) is 11.6 Å². The van der Waals surface area contributed by atoms with Crippen LogP contribution in [0.3, 0.4) is 0 Å².